The van der Waals surface area contributed by atoms with Gasteiger partial charge < -0.3 is 4.74 Å². The highest BCUT2D eigenvalue weighted by Crippen LogP contribution is 2.27. The number of carbonyl (C=O) groups is 1. The number of ether oxygens (including phenoxy) is 1. The van der Waals surface area contributed by atoms with Crippen molar-refractivity contribution in [2.24, 2.45) is 5.41 Å². The molecule has 1 aromatic heterocycles. The predicted molar refractivity (Wildman–Crippen MR) is 79.5 cm³/mol. The molecule has 0 fully saturated rings. The van der Waals surface area contributed by atoms with Crippen molar-refractivity contribution in [3.63, 3.8) is 0 Å². The fourth-order valence-corrected chi connectivity index (χ4v) is 3.23. The molecule has 110 valence electrons. The molecular formula is C14H18O4S2. The van der Waals surface area contributed by atoms with Gasteiger partial charge in [0.05, 0.1) is 5.56 Å². The molecule has 0 unspecified atom stereocenters. The highest BCUT2D eigenvalue weighted by atomic mass is 32.2. The standard InChI is InChI=1S/C14H18O4S2/c1-6-7-11(14(2,3)4)18-13(15)10-8-12(19-9-10)20(5,16)17/h1,8-9,11H,7H2,2-5H3/t11-/m1/s1. The summed E-state index contributed by atoms with van der Waals surface area (Å²) < 4.78 is 28.3. The number of carbonyl (C=O) groups excluding carboxylic acids is 1. The van der Waals surface area contributed by atoms with Crippen LogP contribution in [0.5, 0.6) is 0 Å². The summed E-state index contributed by atoms with van der Waals surface area (Å²) in [6.07, 6.45) is 6.29. The van der Waals surface area contributed by atoms with E-state index in [4.69, 9.17) is 11.2 Å². The molecule has 0 aliphatic rings. The van der Waals surface area contributed by atoms with E-state index in [0.717, 1.165) is 17.6 Å². The summed E-state index contributed by atoms with van der Waals surface area (Å²) >= 11 is 1.00. The minimum Gasteiger partial charge on any atom is -0.457 e. The van der Waals surface area contributed by atoms with E-state index in [2.05, 4.69) is 5.92 Å². The summed E-state index contributed by atoms with van der Waals surface area (Å²) in [5, 5.41) is 1.48. The largest absolute Gasteiger partial charge is 0.457 e. The summed E-state index contributed by atoms with van der Waals surface area (Å²) in [6.45, 7) is 5.79. The van der Waals surface area contributed by atoms with Crippen molar-refractivity contribution in [1.82, 2.24) is 0 Å². The molecule has 0 radical (unpaired) electrons. The number of hydrogen-bond donors (Lipinski definition) is 0. The zero-order valence-electron chi connectivity index (χ0n) is 12.0. The fraction of sp³-hybridized carbons (Fsp3) is 0.500. The van der Waals surface area contributed by atoms with Crippen LogP contribution in [0.4, 0.5) is 0 Å². The van der Waals surface area contributed by atoms with Crippen molar-refractivity contribution < 1.29 is 17.9 Å². The van der Waals surface area contributed by atoms with E-state index in [-0.39, 0.29) is 15.2 Å². The summed E-state index contributed by atoms with van der Waals surface area (Å²) in [6, 6.07) is 1.33. The Bertz CT molecular complexity index is 627. The average Bonchev–Trinajstić information content (AvgIpc) is 2.75. The predicted octanol–water partition coefficient (Wildman–Crippen LogP) is 2.75. The molecule has 0 saturated carbocycles. The molecule has 0 aliphatic heterocycles. The van der Waals surface area contributed by atoms with Gasteiger partial charge in [-0.2, -0.15) is 0 Å². The molecule has 4 nitrogen and oxygen atoms in total. The van der Waals surface area contributed by atoms with Crippen LogP contribution < -0.4 is 0 Å². The Balaban J connectivity index is 2.91. The number of rotatable bonds is 4. The molecule has 0 aliphatic carbocycles. The van der Waals surface area contributed by atoms with Crippen LogP contribution in [0.2, 0.25) is 0 Å². The molecule has 1 atom stereocenters. The number of hydrogen-bond acceptors (Lipinski definition) is 5. The highest BCUT2D eigenvalue weighted by Gasteiger charge is 2.28. The van der Waals surface area contributed by atoms with Gasteiger partial charge in [0.15, 0.2) is 9.84 Å². The molecule has 1 heterocycles. The van der Waals surface area contributed by atoms with Gasteiger partial charge in [-0.3, -0.25) is 0 Å². The minimum absolute atomic E-state index is 0.147. The van der Waals surface area contributed by atoms with Gasteiger partial charge in [-0.1, -0.05) is 20.8 Å². The van der Waals surface area contributed by atoms with E-state index in [0.29, 0.717) is 6.42 Å². The minimum atomic E-state index is -3.30. The van der Waals surface area contributed by atoms with Crippen molar-refractivity contribution in [2.75, 3.05) is 6.26 Å². The lowest BCUT2D eigenvalue weighted by atomic mass is 9.87. The molecule has 0 bridgehead atoms. The number of thiophene rings is 1. The molecule has 20 heavy (non-hydrogen) atoms. The molecule has 1 rings (SSSR count). The number of esters is 1. The Hall–Kier alpha value is -1.32. The van der Waals surface area contributed by atoms with Crippen LogP contribution in [0.1, 0.15) is 37.6 Å². The zero-order chi connectivity index (χ0) is 15.6. The smallest absolute Gasteiger partial charge is 0.339 e. The SMILES string of the molecule is C#CC[C@@H](OC(=O)c1csc(S(C)(=O)=O)c1)C(C)(C)C. The van der Waals surface area contributed by atoms with Gasteiger partial charge in [-0.15, -0.1) is 23.7 Å². The maximum atomic E-state index is 12.0. The highest BCUT2D eigenvalue weighted by molar-refractivity contribution is 7.92. The van der Waals surface area contributed by atoms with E-state index in [1.807, 2.05) is 20.8 Å². The van der Waals surface area contributed by atoms with Crippen LogP contribution >= 0.6 is 11.3 Å². The Kier molecular flexibility index (Phi) is 5.00. The average molecular weight is 314 g/mol. The van der Waals surface area contributed by atoms with Crippen LogP contribution in [0, 0.1) is 17.8 Å². The molecule has 0 saturated heterocycles. The molecule has 6 heteroatoms. The van der Waals surface area contributed by atoms with Crippen LogP contribution in [-0.4, -0.2) is 26.7 Å². The molecular weight excluding hydrogens is 296 g/mol. The lowest BCUT2D eigenvalue weighted by Crippen LogP contribution is -2.31. The number of terminal acetylenes is 1. The Morgan fingerprint density at radius 2 is 2.10 bits per heavy atom. The molecule has 0 N–H and O–H groups in total. The normalized spacial score (nSPS) is 13.6. The molecule has 0 spiro atoms. The van der Waals surface area contributed by atoms with E-state index in [1.165, 1.54) is 11.4 Å². The van der Waals surface area contributed by atoms with Crippen LogP contribution in [-0.2, 0) is 14.6 Å². The first-order chi connectivity index (χ1) is 9.05. The maximum absolute atomic E-state index is 12.0. The van der Waals surface area contributed by atoms with Crippen molar-refractivity contribution in [2.45, 2.75) is 37.5 Å². The Morgan fingerprint density at radius 3 is 2.50 bits per heavy atom. The van der Waals surface area contributed by atoms with Crippen molar-refractivity contribution in [1.29, 1.82) is 0 Å². The molecule has 0 amide bonds. The second-order valence-electron chi connectivity index (χ2n) is 5.59. The monoisotopic (exact) mass is 314 g/mol. The van der Waals surface area contributed by atoms with Crippen LogP contribution in [0.15, 0.2) is 15.7 Å². The fourth-order valence-electron chi connectivity index (χ4n) is 1.45. The molecule has 1 aromatic rings. The van der Waals surface area contributed by atoms with E-state index < -0.39 is 21.9 Å². The van der Waals surface area contributed by atoms with E-state index in [9.17, 15) is 13.2 Å². The van der Waals surface area contributed by atoms with Gasteiger partial charge in [0, 0.05) is 18.1 Å². The van der Waals surface area contributed by atoms with E-state index >= 15 is 0 Å². The summed E-state index contributed by atoms with van der Waals surface area (Å²) in [5.74, 6) is 1.94. The zero-order valence-corrected chi connectivity index (χ0v) is 13.6. The van der Waals surface area contributed by atoms with Gasteiger partial charge in [-0.05, 0) is 11.5 Å². The quantitative estimate of drug-likeness (QED) is 0.633. The van der Waals surface area contributed by atoms with Crippen molar-refractivity contribution in [3.05, 3.63) is 17.0 Å². The van der Waals surface area contributed by atoms with Crippen molar-refractivity contribution >= 4 is 27.1 Å². The third-order valence-electron chi connectivity index (χ3n) is 2.70. The lowest BCUT2D eigenvalue weighted by molar-refractivity contribution is -0.000500. The third-order valence-corrected chi connectivity index (χ3v) is 5.46. The summed E-state index contributed by atoms with van der Waals surface area (Å²) in [5.41, 5.74) is -0.0424. The first kappa shape index (κ1) is 16.7. The second kappa shape index (κ2) is 5.98. The van der Waals surface area contributed by atoms with Gasteiger partial charge in [0.25, 0.3) is 0 Å². The van der Waals surface area contributed by atoms with Gasteiger partial charge in [0.1, 0.15) is 10.3 Å². The van der Waals surface area contributed by atoms with Gasteiger partial charge in [0.2, 0.25) is 0 Å². The second-order valence-corrected chi connectivity index (χ2v) is 8.75. The topological polar surface area (TPSA) is 60.4 Å². The molecule has 0 aromatic carbocycles. The van der Waals surface area contributed by atoms with Crippen molar-refractivity contribution in [3.8, 4) is 12.3 Å². The first-order valence-electron chi connectivity index (χ1n) is 5.98. The summed E-state index contributed by atoms with van der Waals surface area (Å²) in [4.78, 5) is 12.0. The Morgan fingerprint density at radius 1 is 1.50 bits per heavy atom. The van der Waals surface area contributed by atoms with E-state index in [1.54, 1.807) is 0 Å². The van der Waals surface area contributed by atoms with Crippen LogP contribution in [0.25, 0.3) is 0 Å². The van der Waals surface area contributed by atoms with Gasteiger partial charge in [-0.25, -0.2) is 13.2 Å². The van der Waals surface area contributed by atoms with Crippen LogP contribution in [0.3, 0.4) is 0 Å². The summed E-state index contributed by atoms with van der Waals surface area (Å²) in [7, 11) is -3.30. The maximum Gasteiger partial charge on any atom is 0.339 e. The van der Waals surface area contributed by atoms with Gasteiger partial charge >= 0.3 is 5.97 Å². The first-order valence-corrected chi connectivity index (χ1v) is 8.76. The third kappa shape index (κ3) is 4.36. The Labute approximate surface area is 124 Å². The number of sulfone groups is 1. The lowest BCUT2D eigenvalue weighted by Gasteiger charge is -2.28.